The van der Waals surface area contributed by atoms with Crippen molar-refractivity contribution >= 4 is 36.7 Å². The van der Waals surface area contributed by atoms with E-state index >= 15 is 0 Å². The van der Waals surface area contributed by atoms with Gasteiger partial charge in [0.25, 0.3) is 0 Å². The average molecular weight is 362 g/mol. The summed E-state index contributed by atoms with van der Waals surface area (Å²) in [7, 11) is 0. The second-order valence-electron chi connectivity index (χ2n) is 4.36. The van der Waals surface area contributed by atoms with Gasteiger partial charge < -0.3 is 0 Å². The summed E-state index contributed by atoms with van der Waals surface area (Å²) in [5.41, 5.74) is 2.52. The SMILES string of the molecule is O=C(Nc1nc(-c2ccc(Cl)cc2)c[se]1)c1ccccc1. The molecular weight excluding hydrogens is 351 g/mol. The molecule has 0 aliphatic heterocycles. The predicted molar refractivity (Wildman–Crippen MR) is 86.0 cm³/mol. The Labute approximate surface area is 133 Å². The van der Waals surface area contributed by atoms with Gasteiger partial charge in [0.15, 0.2) is 0 Å². The third-order valence-electron chi connectivity index (χ3n) is 2.90. The van der Waals surface area contributed by atoms with Crippen LogP contribution >= 0.6 is 11.6 Å². The number of benzene rings is 2. The molecule has 3 nitrogen and oxygen atoms in total. The van der Waals surface area contributed by atoms with Crippen LogP contribution < -0.4 is 5.32 Å². The molecule has 1 N–H and O–H groups in total. The number of carbonyl (C=O) groups excluding carboxylic acids is 1. The third-order valence-corrected chi connectivity index (χ3v) is 4.74. The molecule has 0 radical (unpaired) electrons. The summed E-state index contributed by atoms with van der Waals surface area (Å²) < 4.78 is 0.723. The van der Waals surface area contributed by atoms with Crippen LogP contribution in [0.3, 0.4) is 0 Å². The number of nitrogens with zero attached hydrogens (tertiary/aromatic N) is 1. The van der Waals surface area contributed by atoms with E-state index in [0.29, 0.717) is 10.6 Å². The molecule has 104 valence electrons. The number of hydrogen-bond acceptors (Lipinski definition) is 2. The van der Waals surface area contributed by atoms with E-state index in [4.69, 9.17) is 11.6 Å². The van der Waals surface area contributed by atoms with E-state index < -0.39 is 0 Å². The zero-order valence-corrected chi connectivity index (χ0v) is 13.4. The Kier molecular flexibility index (Phi) is 4.20. The summed E-state index contributed by atoms with van der Waals surface area (Å²) in [6, 6.07) is 16.7. The third kappa shape index (κ3) is 3.42. The topological polar surface area (TPSA) is 42.0 Å². The van der Waals surface area contributed by atoms with Crippen molar-refractivity contribution in [2.75, 3.05) is 5.32 Å². The summed E-state index contributed by atoms with van der Waals surface area (Å²) in [5, 5.41) is 3.57. The number of anilines is 1. The van der Waals surface area contributed by atoms with E-state index in [-0.39, 0.29) is 20.4 Å². The molecule has 1 heterocycles. The van der Waals surface area contributed by atoms with Crippen LogP contribution in [-0.4, -0.2) is 25.4 Å². The fraction of sp³-hybridized carbons (Fsp3) is 0. The average Bonchev–Trinajstić information content (AvgIpc) is 2.97. The van der Waals surface area contributed by atoms with E-state index in [1.807, 2.05) is 42.5 Å². The Balaban J connectivity index is 1.76. The van der Waals surface area contributed by atoms with E-state index in [1.165, 1.54) is 0 Å². The van der Waals surface area contributed by atoms with E-state index in [1.54, 1.807) is 12.1 Å². The van der Waals surface area contributed by atoms with Crippen molar-refractivity contribution in [2.24, 2.45) is 0 Å². The van der Waals surface area contributed by atoms with Crippen LogP contribution in [0.1, 0.15) is 10.4 Å². The standard InChI is InChI=1S/C16H11ClN2OSe/c17-13-8-6-11(7-9-13)14-10-21-16(18-14)19-15(20)12-4-2-1-3-5-12/h1-10H,(H,18,19,20). The fourth-order valence-corrected chi connectivity index (χ4v) is 3.47. The maximum absolute atomic E-state index is 12.1. The van der Waals surface area contributed by atoms with Crippen LogP contribution in [0.25, 0.3) is 11.3 Å². The van der Waals surface area contributed by atoms with Crippen LogP contribution in [-0.2, 0) is 0 Å². The molecule has 1 aromatic heterocycles. The molecule has 0 bridgehead atoms. The van der Waals surface area contributed by atoms with E-state index in [2.05, 4.69) is 15.2 Å². The normalized spacial score (nSPS) is 10.3. The monoisotopic (exact) mass is 362 g/mol. The Hall–Kier alpha value is -1.87. The molecule has 2 aromatic carbocycles. The molecule has 1 amide bonds. The van der Waals surface area contributed by atoms with Gasteiger partial charge in [-0.1, -0.05) is 0 Å². The zero-order chi connectivity index (χ0) is 14.7. The molecule has 0 fully saturated rings. The van der Waals surface area contributed by atoms with Gasteiger partial charge in [0, 0.05) is 0 Å². The molecule has 0 atom stereocenters. The second kappa shape index (κ2) is 6.27. The Bertz CT molecular complexity index is 753. The number of nitrogens with one attached hydrogen (secondary N) is 1. The molecule has 21 heavy (non-hydrogen) atoms. The second-order valence-corrected chi connectivity index (χ2v) is 6.60. The van der Waals surface area contributed by atoms with Crippen LogP contribution in [0.5, 0.6) is 0 Å². The van der Waals surface area contributed by atoms with Crippen LogP contribution in [0.4, 0.5) is 4.69 Å². The number of aromatic nitrogens is 1. The van der Waals surface area contributed by atoms with Crippen molar-refractivity contribution in [1.29, 1.82) is 0 Å². The fourth-order valence-electron chi connectivity index (χ4n) is 1.84. The van der Waals surface area contributed by atoms with Gasteiger partial charge in [0.05, 0.1) is 0 Å². The number of hydrogen-bond donors (Lipinski definition) is 1. The van der Waals surface area contributed by atoms with Crippen LogP contribution in [0, 0.1) is 0 Å². The minimum atomic E-state index is -0.123. The maximum atomic E-state index is 12.1. The zero-order valence-electron chi connectivity index (χ0n) is 10.9. The quantitative estimate of drug-likeness (QED) is 0.723. The summed E-state index contributed by atoms with van der Waals surface area (Å²) in [6.07, 6.45) is 0. The Morgan fingerprint density at radius 1 is 1.05 bits per heavy atom. The first-order valence-electron chi connectivity index (χ1n) is 6.30. The van der Waals surface area contributed by atoms with Gasteiger partial charge >= 0.3 is 133 Å². The Morgan fingerprint density at radius 3 is 2.48 bits per heavy atom. The molecule has 0 saturated carbocycles. The van der Waals surface area contributed by atoms with Gasteiger partial charge in [-0.3, -0.25) is 0 Å². The van der Waals surface area contributed by atoms with Gasteiger partial charge in [-0.15, -0.1) is 0 Å². The van der Waals surface area contributed by atoms with Crippen molar-refractivity contribution in [2.45, 2.75) is 0 Å². The molecule has 5 heteroatoms. The van der Waals surface area contributed by atoms with Gasteiger partial charge in [-0.25, -0.2) is 0 Å². The molecule has 3 aromatic rings. The van der Waals surface area contributed by atoms with Gasteiger partial charge in [0.1, 0.15) is 0 Å². The van der Waals surface area contributed by atoms with Crippen LogP contribution in [0.15, 0.2) is 59.5 Å². The Morgan fingerprint density at radius 2 is 1.76 bits per heavy atom. The molecule has 3 rings (SSSR count). The van der Waals surface area contributed by atoms with Crippen LogP contribution in [0.2, 0.25) is 5.02 Å². The minimum absolute atomic E-state index is 0.0411. The van der Waals surface area contributed by atoms with Crippen molar-refractivity contribution in [3.63, 3.8) is 0 Å². The predicted octanol–water partition coefficient (Wildman–Crippen LogP) is 3.71. The first kappa shape index (κ1) is 14.1. The van der Waals surface area contributed by atoms with Crippen molar-refractivity contribution in [3.8, 4) is 11.3 Å². The van der Waals surface area contributed by atoms with E-state index in [0.717, 1.165) is 15.9 Å². The molecule has 0 aliphatic carbocycles. The van der Waals surface area contributed by atoms with Crippen molar-refractivity contribution in [3.05, 3.63) is 70.1 Å². The first-order valence-corrected chi connectivity index (χ1v) is 8.52. The van der Waals surface area contributed by atoms with Gasteiger partial charge in [0.2, 0.25) is 0 Å². The summed E-state index contributed by atoms with van der Waals surface area (Å²) >= 11 is 5.92. The molecule has 0 aliphatic rings. The molecule has 0 unspecified atom stereocenters. The van der Waals surface area contributed by atoms with E-state index in [9.17, 15) is 4.79 Å². The molecule has 0 spiro atoms. The van der Waals surface area contributed by atoms with Crippen molar-refractivity contribution in [1.82, 2.24) is 4.98 Å². The first-order chi connectivity index (χ1) is 10.2. The summed E-state index contributed by atoms with van der Waals surface area (Å²) in [5.74, 6) is -0.123. The number of halogens is 1. The van der Waals surface area contributed by atoms with Gasteiger partial charge in [-0.05, 0) is 0 Å². The summed E-state index contributed by atoms with van der Waals surface area (Å²) in [4.78, 5) is 18.6. The van der Waals surface area contributed by atoms with Gasteiger partial charge in [-0.2, -0.15) is 0 Å². The number of amides is 1. The number of carbonyl (C=O) groups is 1. The molecular formula is C16H11ClN2OSe. The number of rotatable bonds is 3. The summed E-state index contributed by atoms with van der Waals surface area (Å²) in [6.45, 7) is 0. The molecule has 0 saturated heterocycles. The van der Waals surface area contributed by atoms with Crippen molar-refractivity contribution < 1.29 is 4.79 Å².